The van der Waals surface area contributed by atoms with Gasteiger partial charge in [-0.1, -0.05) is 17.7 Å². The SMILES string of the molecule is CNC(Cc1c(Br)c(C)nn1C)c1c(C)cc(C)cc1C. The second-order valence-corrected chi connectivity index (χ2v) is 6.62. The largest absolute Gasteiger partial charge is 0.313 e. The van der Waals surface area contributed by atoms with Gasteiger partial charge in [-0.3, -0.25) is 4.68 Å². The maximum absolute atomic E-state index is 4.49. The van der Waals surface area contributed by atoms with Crippen molar-refractivity contribution in [2.75, 3.05) is 7.05 Å². The Labute approximate surface area is 135 Å². The normalized spacial score (nSPS) is 12.7. The zero-order chi connectivity index (χ0) is 15.7. The fourth-order valence-corrected chi connectivity index (χ4v) is 3.68. The van der Waals surface area contributed by atoms with Crippen molar-refractivity contribution in [2.24, 2.45) is 7.05 Å². The van der Waals surface area contributed by atoms with Crippen molar-refractivity contribution < 1.29 is 0 Å². The van der Waals surface area contributed by atoms with E-state index in [-0.39, 0.29) is 6.04 Å². The van der Waals surface area contributed by atoms with Crippen LogP contribution in [0.4, 0.5) is 0 Å². The summed E-state index contributed by atoms with van der Waals surface area (Å²) in [5.74, 6) is 0. The van der Waals surface area contributed by atoms with Gasteiger partial charge in [-0.2, -0.15) is 5.10 Å². The Balaban J connectivity index is 2.41. The third-order valence-corrected chi connectivity index (χ3v) is 5.13. The van der Waals surface area contributed by atoms with Crippen LogP contribution in [-0.2, 0) is 13.5 Å². The molecule has 4 heteroatoms. The van der Waals surface area contributed by atoms with Crippen molar-refractivity contribution in [1.82, 2.24) is 15.1 Å². The fraction of sp³-hybridized carbons (Fsp3) is 0.471. The minimum Gasteiger partial charge on any atom is -0.313 e. The molecule has 0 spiro atoms. The molecule has 1 aromatic heterocycles. The molecule has 2 aromatic rings. The molecular weight excluding hydrogens is 326 g/mol. The lowest BCUT2D eigenvalue weighted by Crippen LogP contribution is -2.22. The highest BCUT2D eigenvalue weighted by Gasteiger charge is 2.20. The van der Waals surface area contributed by atoms with Gasteiger partial charge < -0.3 is 5.32 Å². The molecule has 1 N–H and O–H groups in total. The molecule has 0 radical (unpaired) electrons. The molecule has 1 atom stereocenters. The molecule has 0 saturated heterocycles. The monoisotopic (exact) mass is 349 g/mol. The smallest absolute Gasteiger partial charge is 0.0738 e. The number of nitrogens with one attached hydrogen (secondary N) is 1. The van der Waals surface area contributed by atoms with E-state index in [9.17, 15) is 0 Å². The van der Waals surface area contributed by atoms with Crippen molar-refractivity contribution in [2.45, 2.75) is 40.2 Å². The van der Waals surface area contributed by atoms with Gasteiger partial charge in [-0.05, 0) is 67.4 Å². The summed E-state index contributed by atoms with van der Waals surface area (Å²) in [5.41, 5.74) is 7.68. The van der Waals surface area contributed by atoms with Crippen LogP contribution in [0.5, 0.6) is 0 Å². The Bertz CT molecular complexity index is 635. The Morgan fingerprint density at radius 2 is 1.76 bits per heavy atom. The van der Waals surface area contributed by atoms with Crippen molar-refractivity contribution in [1.29, 1.82) is 0 Å². The maximum atomic E-state index is 4.49. The zero-order valence-electron chi connectivity index (χ0n) is 13.7. The second-order valence-electron chi connectivity index (χ2n) is 5.83. The van der Waals surface area contributed by atoms with Gasteiger partial charge in [0.1, 0.15) is 0 Å². The molecule has 0 fully saturated rings. The molecule has 0 aliphatic rings. The van der Waals surface area contributed by atoms with Crippen molar-refractivity contribution in [3.05, 3.63) is 50.2 Å². The van der Waals surface area contributed by atoms with E-state index in [0.29, 0.717) is 0 Å². The van der Waals surface area contributed by atoms with E-state index in [4.69, 9.17) is 0 Å². The fourth-order valence-electron chi connectivity index (χ4n) is 3.18. The molecule has 0 amide bonds. The summed E-state index contributed by atoms with van der Waals surface area (Å²) in [6, 6.07) is 4.81. The summed E-state index contributed by atoms with van der Waals surface area (Å²) in [5, 5.41) is 7.96. The summed E-state index contributed by atoms with van der Waals surface area (Å²) in [6.45, 7) is 8.58. The third kappa shape index (κ3) is 3.22. The van der Waals surface area contributed by atoms with Gasteiger partial charge in [-0.25, -0.2) is 0 Å². The molecule has 1 aromatic carbocycles. The molecule has 0 bridgehead atoms. The average molecular weight is 350 g/mol. The lowest BCUT2D eigenvalue weighted by atomic mass is 9.91. The summed E-state index contributed by atoms with van der Waals surface area (Å²) < 4.78 is 3.09. The number of rotatable bonds is 4. The lowest BCUT2D eigenvalue weighted by molar-refractivity contribution is 0.555. The standard InChI is InChI=1S/C17H24BrN3/c1-10-7-11(2)16(12(3)8-10)14(19-5)9-15-17(18)13(4)20-21(15)6/h7-8,14,19H,9H2,1-6H3. The molecule has 1 unspecified atom stereocenters. The number of halogens is 1. The summed E-state index contributed by atoms with van der Waals surface area (Å²) in [6.07, 6.45) is 0.916. The van der Waals surface area contributed by atoms with Crippen LogP contribution in [0.15, 0.2) is 16.6 Å². The first kappa shape index (κ1) is 16.2. The number of likely N-dealkylation sites (N-methyl/N-ethyl adjacent to an activating group) is 1. The predicted octanol–water partition coefficient (Wildman–Crippen LogP) is 3.92. The molecule has 0 aliphatic heterocycles. The van der Waals surface area contributed by atoms with E-state index in [2.05, 4.69) is 59.2 Å². The molecule has 1 heterocycles. The van der Waals surface area contributed by atoms with Gasteiger partial charge in [0, 0.05) is 19.5 Å². The maximum Gasteiger partial charge on any atom is 0.0738 e. The second kappa shape index (κ2) is 6.32. The minimum atomic E-state index is 0.289. The van der Waals surface area contributed by atoms with Crippen molar-refractivity contribution in [3.8, 4) is 0 Å². The van der Waals surface area contributed by atoms with Crippen LogP contribution < -0.4 is 5.32 Å². The third-order valence-electron chi connectivity index (χ3n) is 4.09. The molecule has 3 nitrogen and oxygen atoms in total. The van der Waals surface area contributed by atoms with Crippen LogP contribution >= 0.6 is 15.9 Å². The highest BCUT2D eigenvalue weighted by atomic mass is 79.9. The molecule has 21 heavy (non-hydrogen) atoms. The van der Waals surface area contributed by atoms with E-state index >= 15 is 0 Å². The number of aryl methyl sites for hydroxylation is 5. The van der Waals surface area contributed by atoms with Crippen LogP contribution in [0.1, 0.15) is 39.7 Å². The van der Waals surface area contributed by atoms with Crippen LogP contribution in [0.25, 0.3) is 0 Å². The lowest BCUT2D eigenvalue weighted by Gasteiger charge is -2.22. The van der Waals surface area contributed by atoms with Crippen LogP contribution in [0.3, 0.4) is 0 Å². The average Bonchev–Trinajstić information content (AvgIpc) is 2.62. The van der Waals surface area contributed by atoms with Crippen molar-refractivity contribution >= 4 is 15.9 Å². The molecule has 0 saturated carbocycles. The van der Waals surface area contributed by atoms with Crippen LogP contribution in [-0.4, -0.2) is 16.8 Å². The molecule has 2 rings (SSSR count). The topological polar surface area (TPSA) is 29.9 Å². The highest BCUT2D eigenvalue weighted by molar-refractivity contribution is 9.10. The molecule has 114 valence electrons. The summed E-state index contributed by atoms with van der Waals surface area (Å²) in [4.78, 5) is 0. The van der Waals surface area contributed by atoms with E-state index in [1.807, 2.05) is 25.7 Å². The van der Waals surface area contributed by atoms with Gasteiger partial charge in [0.05, 0.1) is 15.9 Å². The van der Waals surface area contributed by atoms with Crippen LogP contribution in [0.2, 0.25) is 0 Å². The van der Waals surface area contributed by atoms with E-state index in [1.165, 1.54) is 27.9 Å². The van der Waals surface area contributed by atoms with E-state index < -0.39 is 0 Å². The van der Waals surface area contributed by atoms with Gasteiger partial charge in [-0.15, -0.1) is 0 Å². The van der Waals surface area contributed by atoms with Crippen LogP contribution in [0, 0.1) is 27.7 Å². The highest BCUT2D eigenvalue weighted by Crippen LogP contribution is 2.29. The first-order valence-corrected chi connectivity index (χ1v) is 8.07. The van der Waals surface area contributed by atoms with E-state index in [1.54, 1.807) is 0 Å². The van der Waals surface area contributed by atoms with Gasteiger partial charge >= 0.3 is 0 Å². The van der Waals surface area contributed by atoms with Crippen molar-refractivity contribution in [3.63, 3.8) is 0 Å². The first-order chi connectivity index (χ1) is 9.85. The zero-order valence-corrected chi connectivity index (χ0v) is 15.3. The first-order valence-electron chi connectivity index (χ1n) is 7.28. The Hall–Kier alpha value is -1.13. The van der Waals surface area contributed by atoms with E-state index in [0.717, 1.165) is 16.6 Å². The summed E-state index contributed by atoms with van der Waals surface area (Å²) >= 11 is 3.67. The predicted molar refractivity (Wildman–Crippen MR) is 91.8 cm³/mol. The number of aromatic nitrogens is 2. The minimum absolute atomic E-state index is 0.289. The van der Waals surface area contributed by atoms with Gasteiger partial charge in [0.2, 0.25) is 0 Å². The number of nitrogens with zero attached hydrogens (tertiary/aromatic N) is 2. The van der Waals surface area contributed by atoms with Gasteiger partial charge in [0.15, 0.2) is 0 Å². The number of benzene rings is 1. The number of hydrogen-bond donors (Lipinski definition) is 1. The molecule has 0 aliphatic carbocycles. The summed E-state index contributed by atoms with van der Waals surface area (Å²) in [7, 11) is 4.04. The van der Waals surface area contributed by atoms with Gasteiger partial charge in [0.25, 0.3) is 0 Å². The Morgan fingerprint density at radius 3 is 2.19 bits per heavy atom. The Morgan fingerprint density at radius 1 is 1.19 bits per heavy atom. The molecular formula is C17H24BrN3. The quantitative estimate of drug-likeness (QED) is 0.906. The Kier molecular flexibility index (Phi) is 4.89. The number of hydrogen-bond acceptors (Lipinski definition) is 2.